The van der Waals surface area contributed by atoms with Crippen molar-refractivity contribution in [1.29, 1.82) is 0 Å². The van der Waals surface area contributed by atoms with Gasteiger partial charge in [-0.2, -0.15) is 0 Å². The molecular weight excluding hydrogens is 239 g/mol. The highest BCUT2D eigenvalue weighted by Crippen LogP contribution is 2.34. The first-order chi connectivity index (χ1) is 9.25. The SMILES string of the molecule is C[C@H](NC1CCc2c(F)cccc21)c1ccncc1. The number of fused-ring (bicyclic) bond motifs is 1. The fourth-order valence-corrected chi connectivity index (χ4v) is 2.83. The van der Waals surface area contributed by atoms with Crippen LogP contribution in [0.25, 0.3) is 0 Å². The second-order valence-corrected chi connectivity index (χ2v) is 5.07. The first kappa shape index (κ1) is 12.3. The van der Waals surface area contributed by atoms with Gasteiger partial charge < -0.3 is 5.32 Å². The van der Waals surface area contributed by atoms with Gasteiger partial charge in [0.05, 0.1) is 0 Å². The zero-order valence-corrected chi connectivity index (χ0v) is 10.9. The fourth-order valence-electron chi connectivity index (χ4n) is 2.83. The molecule has 2 nitrogen and oxygen atoms in total. The van der Waals surface area contributed by atoms with E-state index in [1.54, 1.807) is 24.5 Å². The van der Waals surface area contributed by atoms with Crippen molar-refractivity contribution in [3.05, 3.63) is 65.2 Å². The molecule has 0 aliphatic heterocycles. The lowest BCUT2D eigenvalue weighted by Gasteiger charge is -2.20. The summed E-state index contributed by atoms with van der Waals surface area (Å²) in [6, 6.07) is 9.88. The summed E-state index contributed by atoms with van der Waals surface area (Å²) >= 11 is 0. The summed E-state index contributed by atoms with van der Waals surface area (Å²) < 4.78 is 13.7. The highest BCUT2D eigenvalue weighted by molar-refractivity contribution is 5.36. The summed E-state index contributed by atoms with van der Waals surface area (Å²) in [5.41, 5.74) is 3.20. The van der Waals surface area contributed by atoms with Gasteiger partial charge in [0.1, 0.15) is 5.82 Å². The lowest BCUT2D eigenvalue weighted by atomic mass is 10.0. The van der Waals surface area contributed by atoms with E-state index in [1.807, 2.05) is 18.2 Å². The topological polar surface area (TPSA) is 24.9 Å². The Balaban J connectivity index is 1.78. The van der Waals surface area contributed by atoms with E-state index in [0.717, 1.165) is 24.0 Å². The molecule has 3 heteroatoms. The molecule has 0 bridgehead atoms. The average molecular weight is 256 g/mol. The molecule has 0 amide bonds. The monoisotopic (exact) mass is 256 g/mol. The summed E-state index contributed by atoms with van der Waals surface area (Å²) in [4.78, 5) is 4.03. The Morgan fingerprint density at radius 1 is 1.26 bits per heavy atom. The van der Waals surface area contributed by atoms with Gasteiger partial charge >= 0.3 is 0 Å². The van der Waals surface area contributed by atoms with Crippen molar-refractivity contribution in [1.82, 2.24) is 10.3 Å². The second kappa shape index (κ2) is 5.10. The Morgan fingerprint density at radius 3 is 2.84 bits per heavy atom. The van der Waals surface area contributed by atoms with Gasteiger partial charge in [0.15, 0.2) is 0 Å². The minimum atomic E-state index is -0.0710. The van der Waals surface area contributed by atoms with Crippen LogP contribution in [0.15, 0.2) is 42.7 Å². The molecule has 0 fully saturated rings. The number of rotatable bonds is 3. The molecule has 0 spiro atoms. The third-order valence-electron chi connectivity index (χ3n) is 3.87. The number of nitrogens with zero attached hydrogens (tertiary/aromatic N) is 1. The third-order valence-corrected chi connectivity index (χ3v) is 3.87. The quantitative estimate of drug-likeness (QED) is 0.908. The minimum absolute atomic E-state index is 0.0710. The fraction of sp³-hybridized carbons (Fsp3) is 0.312. The van der Waals surface area contributed by atoms with E-state index in [2.05, 4.69) is 17.2 Å². The van der Waals surface area contributed by atoms with Crippen LogP contribution in [0.3, 0.4) is 0 Å². The van der Waals surface area contributed by atoms with Crippen molar-refractivity contribution >= 4 is 0 Å². The number of hydrogen-bond donors (Lipinski definition) is 1. The van der Waals surface area contributed by atoms with Crippen LogP contribution in [0.2, 0.25) is 0 Å². The predicted molar refractivity (Wildman–Crippen MR) is 73.2 cm³/mol. The Labute approximate surface area is 112 Å². The third kappa shape index (κ3) is 2.38. The first-order valence-electron chi connectivity index (χ1n) is 6.69. The number of pyridine rings is 1. The maximum Gasteiger partial charge on any atom is 0.126 e. The Morgan fingerprint density at radius 2 is 2.05 bits per heavy atom. The van der Waals surface area contributed by atoms with E-state index < -0.39 is 0 Å². The standard InChI is InChI=1S/C16H17FN2/c1-11(12-7-9-18-10-8-12)19-16-6-5-13-14(16)3-2-4-15(13)17/h2-4,7-11,16,19H,5-6H2,1H3/t11-,16?/m0/s1. The molecule has 0 radical (unpaired) electrons. The van der Waals surface area contributed by atoms with Crippen molar-refractivity contribution in [3.8, 4) is 0 Å². The average Bonchev–Trinajstić information content (AvgIpc) is 2.84. The maximum atomic E-state index is 13.7. The smallest absolute Gasteiger partial charge is 0.126 e. The molecule has 0 saturated carbocycles. The van der Waals surface area contributed by atoms with Gasteiger partial charge in [0.25, 0.3) is 0 Å². The first-order valence-corrected chi connectivity index (χ1v) is 6.69. The molecule has 3 rings (SSSR count). The summed E-state index contributed by atoms with van der Waals surface area (Å²) in [7, 11) is 0. The highest BCUT2D eigenvalue weighted by Gasteiger charge is 2.25. The van der Waals surface area contributed by atoms with Crippen LogP contribution < -0.4 is 5.32 Å². The van der Waals surface area contributed by atoms with Crippen LogP contribution in [0, 0.1) is 5.82 Å². The van der Waals surface area contributed by atoms with Crippen molar-refractivity contribution in [3.63, 3.8) is 0 Å². The van der Waals surface area contributed by atoms with Gasteiger partial charge in [-0.05, 0) is 54.7 Å². The Kier molecular flexibility index (Phi) is 3.30. The van der Waals surface area contributed by atoms with Gasteiger partial charge in [-0.15, -0.1) is 0 Å². The zero-order valence-electron chi connectivity index (χ0n) is 10.9. The lowest BCUT2D eigenvalue weighted by Crippen LogP contribution is -2.23. The van der Waals surface area contributed by atoms with Crippen LogP contribution in [0.4, 0.5) is 4.39 Å². The summed E-state index contributed by atoms with van der Waals surface area (Å²) in [6.07, 6.45) is 5.39. The molecule has 1 N–H and O–H groups in total. The molecule has 1 unspecified atom stereocenters. The number of aromatic nitrogens is 1. The van der Waals surface area contributed by atoms with Crippen molar-refractivity contribution in [2.75, 3.05) is 0 Å². The molecule has 1 aromatic heterocycles. The molecular formula is C16H17FN2. The molecule has 19 heavy (non-hydrogen) atoms. The molecule has 98 valence electrons. The maximum absolute atomic E-state index is 13.7. The predicted octanol–water partition coefficient (Wildman–Crippen LogP) is 3.56. The van der Waals surface area contributed by atoms with Gasteiger partial charge in [-0.1, -0.05) is 12.1 Å². The largest absolute Gasteiger partial charge is 0.303 e. The number of hydrogen-bond acceptors (Lipinski definition) is 2. The van der Waals surface area contributed by atoms with Crippen molar-refractivity contribution in [2.24, 2.45) is 0 Å². The summed E-state index contributed by atoms with van der Waals surface area (Å²) in [6.45, 7) is 2.13. The number of nitrogens with one attached hydrogen (secondary N) is 1. The molecule has 1 aliphatic rings. The van der Waals surface area contributed by atoms with E-state index in [-0.39, 0.29) is 17.9 Å². The second-order valence-electron chi connectivity index (χ2n) is 5.07. The molecule has 1 aromatic carbocycles. The van der Waals surface area contributed by atoms with E-state index in [1.165, 1.54) is 5.56 Å². The van der Waals surface area contributed by atoms with Crippen molar-refractivity contribution < 1.29 is 4.39 Å². The van der Waals surface area contributed by atoms with E-state index in [9.17, 15) is 4.39 Å². The normalized spacial score (nSPS) is 19.2. The summed E-state index contributed by atoms with van der Waals surface area (Å²) in [5, 5.41) is 3.58. The van der Waals surface area contributed by atoms with Crippen LogP contribution in [0.1, 0.15) is 42.1 Å². The van der Waals surface area contributed by atoms with E-state index in [0.29, 0.717) is 0 Å². The summed E-state index contributed by atoms with van der Waals surface area (Å²) in [5.74, 6) is -0.0710. The van der Waals surface area contributed by atoms with E-state index in [4.69, 9.17) is 0 Å². The van der Waals surface area contributed by atoms with Gasteiger partial charge in [0.2, 0.25) is 0 Å². The van der Waals surface area contributed by atoms with Gasteiger partial charge in [-0.25, -0.2) is 4.39 Å². The van der Waals surface area contributed by atoms with Crippen LogP contribution in [0.5, 0.6) is 0 Å². The Hall–Kier alpha value is -1.74. The molecule has 1 heterocycles. The number of benzene rings is 1. The van der Waals surface area contributed by atoms with Gasteiger partial charge in [0, 0.05) is 24.5 Å². The lowest BCUT2D eigenvalue weighted by molar-refractivity contribution is 0.465. The molecule has 0 saturated heterocycles. The number of halogens is 1. The van der Waals surface area contributed by atoms with E-state index >= 15 is 0 Å². The van der Waals surface area contributed by atoms with Crippen LogP contribution in [-0.4, -0.2) is 4.98 Å². The Bertz CT molecular complexity index is 568. The van der Waals surface area contributed by atoms with Gasteiger partial charge in [-0.3, -0.25) is 4.98 Å². The molecule has 2 atom stereocenters. The van der Waals surface area contributed by atoms with Crippen LogP contribution in [-0.2, 0) is 6.42 Å². The highest BCUT2D eigenvalue weighted by atomic mass is 19.1. The molecule has 2 aromatic rings. The zero-order chi connectivity index (χ0) is 13.2. The molecule has 1 aliphatic carbocycles. The minimum Gasteiger partial charge on any atom is -0.303 e. The van der Waals surface area contributed by atoms with Crippen molar-refractivity contribution in [2.45, 2.75) is 31.8 Å². The van der Waals surface area contributed by atoms with Crippen LogP contribution >= 0.6 is 0 Å².